The molecular weight excluding hydrogens is 282 g/mol. The minimum Gasteiger partial charge on any atom is -0.335 e. The lowest BCUT2D eigenvalue weighted by atomic mass is 9.89. The summed E-state index contributed by atoms with van der Waals surface area (Å²) in [7, 11) is 0. The number of hydrogen-bond acceptors (Lipinski definition) is 4. The van der Waals surface area contributed by atoms with E-state index in [1.807, 2.05) is 0 Å². The van der Waals surface area contributed by atoms with Gasteiger partial charge in [-0.3, -0.25) is 4.79 Å². The molecule has 1 atom stereocenters. The molecule has 0 bridgehead atoms. The standard InChI is InChI=1S/C16H23N3OS/c1-3-4-5-6-13-18-15-14(16(20)19(13)17)11-9-10(2)7-8-12(11)21-15/h10H,3-9,17H2,1-2H3. The van der Waals surface area contributed by atoms with Crippen LogP contribution in [0.4, 0.5) is 0 Å². The fourth-order valence-corrected chi connectivity index (χ4v) is 4.39. The molecule has 2 aromatic heterocycles. The van der Waals surface area contributed by atoms with Gasteiger partial charge in [-0.2, -0.15) is 0 Å². The van der Waals surface area contributed by atoms with Crippen LogP contribution < -0.4 is 11.4 Å². The number of unbranched alkanes of at least 4 members (excludes halogenated alkanes) is 2. The normalized spacial score (nSPS) is 18.1. The number of aromatic nitrogens is 2. The monoisotopic (exact) mass is 305 g/mol. The van der Waals surface area contributed by atoms with Gasteiger partial charge in [-0.25, -0.2) is 9.66 Å². The Balaban J connectivity index is 2.07. The molecule has 1 aliphatic carbocycles. The number of hydrogen-bond donors (Lipinski definition) is 1. The molecule has 0 saturated heterocycles. The van der Waals surface area contributed by atoms with Crippen molar-refractivity contribution in [2.75, 3.05) is 5.84 Å². The molecule has 1 unspecified atom stereocenters. The average Bonchev–Trinajstić information content (AvgIpc) is 2.82. The molecule has 0 aliphatic heterocycles. The molecule has 21 heavy (non-hydrogen) atoms. The largest absolute Gasteiger partial charge is 0.335 e. The number of aryl methyl sites for hydroxylation is 2. The summed E-state index contributed by atoms with van der Waals surface area (Å²) in [5, 5.41) is 0.781. The predicted octanol–water partition coefficient (Wildman–Crippen LogP) is 3.03. The van der Waals surface area contributed by atoms with Crippen molar-refractivity contribution in [3.8, 4) is 0 Å². The van der Waals surface area contributed by atoms with E-state index in [1.165, 1.54) is 21.5 Å². The molecule has 1 aliphatic rings. The fraction of sp³-hybridized carbons (Fsp3) is 0.625. The van der Waals surface area contributed by atoms with Crippen molar-refractivity contribution in [1.29, 1.82) is 0 Å². The van der Waals surface area contributed by atoms with E-state index in [9.17, 15) is 4.79 Å². The van der Waals surface area contributed by atoms with E-state index in [1.54, 1.807) is 11.3 Å². The van der Waals surface area contributed by atoms with E-state index in [2.05, 4.69) is 13.8 Å². The number of rotatable bonds is 4. The van der Waals surface area contributed by atoms with Crippen molar-refractivity contribution in [2.45, 2.75) is 58.8 Å². The highest BCUT2D eigenvalue weighted by molar-refractivity contribution is 7.18. The van der Waals surface area contributed by atoms with Gasteiger partial charge < -0.3 is 5.84 Å². The molecule has 114 valence electrons. The number of fused-ring (bicyclic) bond motifs is 3. The molecular formula is C16H23N3OS. The second kappa shape index (κ2) is 5.79. The van der Waals surface area contributed by atoms with Crippen LogP contribution in [0.15, 0.2) is 4.79 Å². The van der Waals surface area contributed by atoms with Gasteiger partial charge >= 0.3 is 0 Å². The molecule has 0 aromatic carbocycles. The fourth-order valence-electron chi connectivity index (χ4n) is 3.16. The minimum atomic E-state index is -0.0573. The SMILES string of the molecule is CCCCCc1nc2sc3c(c2c(=O)n1N)CC(C)CC3. The third kappa shape index (κ3) is 2.59. The highest BCUT2D eigenvalue weighted by Gasteiger charge is 2.24. The van der Waals surface area contributed by atoms with E-state index in [0.717, 1.165) is 54.6 Å². The van der Waals surface area contributed by atoms with Crippen LogP contribution in [0.2, 0.25) is 0 Å². The minimum absolute atomic E-state index is 0.0573. The maximum atomic E-state index is 12.6. The van der Waals surface area contributed by atoms with Gasteiger partial charge in [0.05, 0.1) is 5.39 Å². The molecule has 0 saturated carbocycles. The zero-order chi connectivity index (χ0) is 15.0. The van der Waals surface area contributed by atoms with Crippen LogP contribution in [0.5, 0.6) is 0 Å². The Morgan fingerprint density at radius 3 is 3.00 bits per heavy atom. The molecule has 4 nitrogen and oxygen atoms in total. The first kappa shape index (κ1) is 14.6. The highest BCUT2D eigenvalue weighted by Crippen LogP contribution is 2.35. The van der Waals surface area contributed by atoms with Crippen molar-refractivity contribution in [2.24, 2.45) is 5.92 Å². The lowest BCUT2D eigenvalue weighted by Gasteiger charge is -2.17. The summed E-state index contributed by atoms with van der Waals surface area (Å²) >= 11 is 1.70. The van der Waals surface area contributed by atoms with Gasteiger partial charge in [0.25, 0.3) is 5.56 Å². The molecule has 3 rings (SSSR count). The summed E-state index contributed by atoms with van der Waals surface area (Å²) in [6.45, 7) is 4.42. The quantitative estimate of drug-likeness (QED) is 0.697. The van der Waals surface area contributed by atoms with E-state index >= 15 is 0 Å². The zero-order valence-corrected chi connectivity index (χ0v) is 13.6. The van der Waals surface area contributed by atoms with Crippen LogP contribution in [-0.4, -0.2) is 9.66 Å². The van der Waals surface area contributed by atoms with Crippen LogP contribution in [0, 0.1) is 5.92 Å². The molecule has 0 spiro atoms. The molecule has 0 radical (unpaired) electrons. The topological polar surface area (TPSA) is 60.9 Å². The number of thiophene rings is 1. The van der Waals surface area contributed by atoms with Crippen LogP contribution in [0.3, 0.4) is 0 Å². The average molecular weight is 305 g/mol. The molecule has 0 fully saturated rings. The molecule has 0 amide bonds. The Hall–Kier alpha value is -1.36. The molecule has 2 aromatic rings. The summed E-state index contributed by atoms with van der Waals surface area (Å²) in [4.78, 5) is 19.6. The lowest BCUT2D eigenvalue weighted by molar-refractivity contribution is 0.508. The summed E-state index contributed by atoms with van der Waals surface area (Å²) in [6, 6.07) is 0. The Kier molecular flexibility index (Phi) is 4.02. The Bertz CT molecular complexity index is 716. The first-order valence-corrected chi connectivity index (χ1v) is 8.74. The van der Waals surface area contributed by atoms with Gasteiger partial charge in [-0.1, -0.05) is 26.7 Å². The van der Waals surface area contributed by atoms with Gasteiger partial charge in [0.2, 0.25) is 0 Å². The van der Waals surface area contributed by atoms with Crippen molar-refractivity contribution in [3.05, 3.63) is 26.6 Å². The first-order chi connectivity index (χ1) is 10.1. The van der Waals surface area contributed by atoms with Crippen LogP contribution in [0.1, 0.15) is 55.8 Å². The Labute approximate surface area is 129 Å². The van der Waals surface area contributed by atoms with Crippen molar-refractivity contribution in [3.63, 3.8) is 0 Å². The maximum absolute atomic E-state index is 12.6. The summed E-state index contributed by atoms with van der Waals surface area (Å²) in [5.74, 6) is 7.38. The second-order valence-electron chi connectivity index (χ2n) is 6.19. The van der Waals surface area contributed by atoms with Gasteiger partial charge in [0, 0.05) is 11.3 Å². The number of nitrogens with zero attached hydrogens (tertiary/aromatic N) is 2. The Morgan fingerprint density at radius 2 is 2.24 bits per heavy atom. The third-order valence-corrected chi connectivity index (χ3v) is 5.62. The maximum Gasteiger partial charge on any atom is 0.280 e. The van der Waals surface area contributed by atoms with Gasteiger partial charge in [-0.05, 0) is 37.2 Å². The van der Waals surface area contributed by atoms with Gasteiger partial charge in [-0.15, -0.1) is 11.3 Å². The van der Waals surface area contributed by atoms with E-state index in [0.29, 0.717) is 5.92 Å². The van der Waals surface area contributed by atoms with Crippen molar-refractivity contribution < 1.29 is 0 Å². The highest BCUT2D eigenvalue weighted by atomic mass is 32.1. The lowest BCUT2D eigenvalue weighted by Crippen LogP contribution is -2.32. The first-order valence-electron chi connectivity index (χ1n) is 7.93. The Morgan fingerprint density at radius 1 is 1.43 bits per heavy atom. The smallest absolute Gasteiger partial charge is 0.280 e. The zero-order valence-electron chi connectivity index (χ0n) is 12.8. The van der Waals surface area contributed by atoms with E-state index in [4.69, 9.17) is 10.8 Å². The third-order valence-electron chi connectivity index (χ3n) is 4.43. The van der Waals surface area contributed by atoms with Crippen LogP contribution in [0.25, 0.3) is 10.2 Å². The van der Waals surface area contributed by atoms with Crippen molar-refractivity contribution >= 4 is 21.6 Å². The van der Waals surface area contributed by atoms with Gasteiger partial charge in [0.15, 0.2) is 0 Å². The van der Waals surface area contributed by atoms with Crippen molar-refractivity contribution in [1.82, 2.24) is 9.66 Å². The van der Waals surface area contributed by atoms with Crippen LogP contribution >= 0.6 is 11.3 Å². The summed E-state index contributed by atoms with van der Waals surface area (Å²) < 4.78 is 1.28. The number of nitrogen functional groups attached to an aromatic ring is 1. The summed E-state index contributed by atoms with van der Waals surface area (Å²) in [5.41, 5.74) is 1.16. The predicted molar refractivity (Wildman–Crippen MR) is 88.4 cm³/mol. The molecule has 2 N–H and O–H groups in total. The van der Waals surface area contributed by atoms with Crippen LogP contribution in [-0.2, 0) is 19.3 Å². The van der Waals surface area contributed by atoms with E-state index in [-0.39, 0.29) is 5.56 Å². The molecule has 5 heteroatoms. The van der Waals surface area contributed by atoms with E-state index < -0.39 is 0 Å². The number of nitrogens with two attached hydrogens (primary N) is 1. The van der Waals surface area contributed by atoms with Gasteiger partial charge in [0.1, 0.15) is 10.7 Å². The molecule has 2 heterocycles. The summed E-state index contributed by atoms with van der Waals surface area (Å²) in [6.07, 6.45) is 7.39. The second-order valence-corrected chi connectivity index (χ2v) is 7.28.